The highest BCUT2D eigenvalue weighted by molar-refractivity contribution is 8.26. The molecule has 0 saturated carbocycles. The van der Waals surface area contributed by atoms with Gasteiger partial charge in [0.1, 0.15) is 10.9 Å². The monoisotopic (exact) mass is 353 g/mol. The quantitative estimate of drug-likeness (QED) is 0.621. The molecule has 122 valence electrons. The molecule has 0 aliphatic carbocycles. The molecule has 0 bridgehead atoms. The van der Waals surface area contributed by atoms with Crippen LogP contribution in [0, 0.1) is 0 Å². The lowest BCUT2D eigenvalue weighted by atomic mass is 10.2. The zero-order valence-corrected chi connectivity index (χ0v) is 14.2. The SMILES string of the molecule is CCOc1cc(/C=C2/SC(=S)N(CC(=O)O)C2=O)ccc1OC. The van der Waals surface area contributed by atoms with Crippen molar-refractivity contribution in [1.29, 1.82) is 0 Å². The Kier molecular flexibility index (Phi) is 5.62. The number of rotatable bonds is 6. The number of methoxy groups -OCH3 is 1. The smallest absolute Gasteiger partial charge is 0.323 e. The van der Waals surface area contributed by atoms with Crippen LogP contribution < -0.4 is 9.47 Å². The molecule has 1 fully saturated rings. The van der Waals surface area contributed by atoms with Crippen LogP contribution in [-0.2, 0) is 9.59 Å². The standard InChI is InChI=1S/C15H15NO5S2/c1-3-21-11-6-9(4-5-10(11)20-2)7-12-14(19)16(8-13(17)18)15(22)23-12/h4-7H,3,8H2,1-2H3,(H,17,18)/b12-7+. The van der Waals surface area contributed by atoms with Gasteiger partial charge in [-0.15, -0.1) is 0 Å². The molecule has 6 nitrogen and oxygen atoms in total. The van der Waals surface area contributed by atoms with Gasteiger partial charge in [0.15, 0.2) is 11.5 Å². The number of amides is 1. The first-order chi connectivity index (χ1) is 11.0. The number of nitrogens with zero attached hydrogens (tertiary/aromatic N) is 1. The van der Waals surface area contributed by atoms with Crippen molar-refractivity contribution in [2.24, 2.45) is 0 Å². The summed E-state index contributed by atoms with van der Waals surface area (Å²) < 4.78 is 10.9. The van der Waals surface area contributed by atoms with E-state index in [1.807, 2.05) is 6.92 Å². The Balaban J connectivity index is 2.28. The van der Waals surface area contributed by atoms with Gasteiger partial charge in [0.2, 0.25) is 0 Å². The van der Waals surface area contributed by atoms with Crippen LogP contribution in [0.4, 0.5) is 0 Å². The Morgan fingerprint density at radius 3 is 2.78 bits per heavy atom. The fraction of sp³-hybridized carbons (Fsp3) is 0.267. The average molecular weight is 353 g/mol. The Morgan fingerprint density at radius 2 is 2.17 bits per heavy atom. The normalized spacial score (nSPS) is 16.1. The predicted molar refractivity (Wildman–Crippen MR) is 91.7 cm³/mol. The van der Waals surface area contributed by atoms with Crippen LogP contribution in [0.5, 0.6) is 11.5 Å². The third-order valence-electron chi connectivity index (χ3n) is 2.95. The number of carbonyl (C=O) groups excluding carboxylic acids is 1. The van der Waals surface area contributed by atoms with Crippen LogP contribution in [0.1, 0.15) is 12.5 Å². The minimum absolute atomic E-state index is 0.238. The fourth-order valence-corrected chi connectivity index (χ4v) is 3.23. The molecule has 0 radical (unpaired) electrons. The summed E-state index contributed by atoms with van der Waals surface area (Å²) in [5.74, 6) is -0.339. The van der Waals surface area contributed by atoms with Crippen molar-refractivity contribution in [3.8, 4) is 11.5 Å². The van der Waals surface area contributed by atoms with Crippen molar-refractivity contribution in [3.05, 3.63) is 28.7 Å². The number of hydrogen-bond acceptors (Lipinski definition) is 6. The molecule has 0 spiro atoms. The van der Waals surface area contributed by atoms with Crippen LogP contribution >= 0.6 is 24.0 Å². The third kappa shape index (κ3) is 4.02. The maximum Gasteiger partial charge on any atom is 0.323 e. The molecule has 1 amide bonds. The van der Waals surface area contributed by atoms with E-state index < -0.39 is 18.4 Å². The largest absolute Gasteiger partial charge is 0.493 e. The predicted octanol–water partition coefficient (Wildman–Crippen LogP) is 2.38. The molecule has 1 aliphatic rings. The lowest BCUT2D eigenvalue weighted by Crippen LogP contribution is -2.33. The summed E-state index contributed by atoms with van der Waals surface area (Å²) in [6.07, 6.45) is 1.66. The zero-order valence-electron chi connectivity index (χ0n) is 12.6. The number of carboxylic acids is 1. The molecule has 23 heavy (non-hydrogen) atoms. The first-order valence-electron chi connectivity index (χ1n) is 6.74. The molecule has 2 rings (SSSR count). The van der Waals surface area contributed by atoms with Gasteiger partial charge in [0.05, 0.1) is 18.6 Å². The number of benzene rings is 1. The van der Waals surface area contributed by atoms with E-state index in [1.54, 1.807) is 31.4 Å². The molecule has 1 aromatic carbocycles. The number of hydrogen-bond donors (Lipinski definition) is 1. The van der Waals surface area contributed by atoms with Crippen LogP contribution in [0.3, 0.4) is 0 Å². The van der Waals surface area contributed by atoms with E-state index in [4.69, 9.17) is 26.8 Å². The van der Waals surface area contributed by atoms with Crippen molar-refractivity contribution in [1.82, 2.24) is 4.90 Å². The molecule has 1 saturated heterocycles. The van der Waals surface area contributed by atoms with E-state index in [-0.39, 0.29) is 4.32 Å². The maximum absolute atomic E-state index is 12.2. The number of carbonyl (C=O) groups is 2. The molecule has 0 atom stereocenters. The van der Waals surface area contributed by atoms with Gasteiger partial charge >= 0.3 is 5.97 Å². The van der Waals surface area contributed by atoms with Gasteiger partial charge in [-0.05, 0) is 30.7 Å². The van der Waals surface area contributed by atoms with Gasteiger partial charge in [0.25, 0.3) is 5.91 Å². The van der Waals surface area contributed by atoms with Gasteiger partial charge in [-0.2, -0.15) is 0 Å². The van der Waals surface area contributed by atoms with Crippen molar-refractivity contribution in [2.75, 3.05) is 20.3 Å². The summed E-state index contributed by atoms with van der Waals surface area (Å²) in [5.41, 5.74) is 0.741. The summed E-state index contributed by atoms with van der Waals surface area (Å²) in [6.45, 7) is 1.92. The molecule has 1 heterocycles. The van der Waals surface area contributed by atoms with Crippen molar-refractivity contribution < 1.29 is 24.2 Å². The highest BCUT2D eigenvalue weighted by atomic mass is 32.2. The highest BCUT2D eigenvalue weighted by Gasteiger charge is 2.33. The number of thiocarbonyl (C=S) groups is 1. The summed E-state index contributed by atoms with van der Waals surface area (Å²) in [4.78, 5) is 24.5. The summed E-state index contributed by atoms with van der Waals surface area (Å²) in [7, 11) is 1.55. The molecule has 1 N–H and O–H groups in total. The van der Waals surface area contributed by atoms with Gasteiger partial charge in [-0.25, -0.2) is 0 Å². The lowest BCUT2D eigenvalue weighted by Gasteiger charge is -2.10. The molecule has 1 aliphatic heterocycles. The lowest BCUT2D eigenvalue weighted by molar-refractivity contribution is -0.140. The number of aliphatic carboxylic acids is 1. The Morgan fingerprint density at radius 1 is 1.43 bits per heavy atom. The Labute approximate surface area is 143 Å². The molecular formula is C15H15NO5S2. The first kappa shape index (κ1) is 17.3. The topological polar surface area (TPSA) is 76.1 Å². The first-order valence-corrected chi connectivity index (χ1v) is 7.96. The summed E-state index contributed by atoms with van der Waals surface area (Å²) in [5, 5.41) is 8.83. The molecular weight excluding hydrogens is 338 g/mol. The van der Waals surface area contributed by atoms with E-state index in [9.17, 15) is 9.59 Å². The maximum atomic E-state index is 12.2. The van der Waals surface area contributed by atoms with Crippen LogP contribution in [0.2, 0.25) is 0 Å². The number of carboxylic acid groups (broad SMARTS) is 1. The second kappa shape index (κ2) is 7.47. The van der Waals surface area contributed by atoms with E-state index in [0.717, 1.165) is 22.2 Å². The number of thioether (sulfide) groups is 1. The number of ether oxygens (including phenoxy) is 2. The highest BCUT2D eigenvalue weighted by Crippen LogP contribution is 2.34. The van der Waals surface area contributed by atoms with Crippen molar-refractivity contribution in [3.63, 3.8) is 0 Å². The molecule has 0 unspecified atom stereocenters. The second-order valence-electron chi connectivity index (χ2n) is 4.50. The molecule has 8 heteroatoms. The van der Waals surface area contributed by atoms with Crippen LogP contribution in [-0.4, -0.2) is 46.5 Å². The second-order valence-corrected chi connectivity index (χ2v) is 6.18. The Hall–Kier alpha value is -2.06. The van der Waals surface area contributed by atoms with Gasteiger partial charge in [-0.1, -0.05) is 30.0 Å². The third-order valence-corrected chi connectivity index (χ3v) is 4.33. The van der Waals surface area contributed by atoms with Crippen LogP contribution in [0.25, 0.3) is 6.08 Å². The van der Waals surface area contributed by atoms with Crippen molar-refractivity contribution in [2.45, 2.75) is 6.92 Å². The molecule has 1 aromatic rings. The minimum Gasteiger partial charge on any atom is -0.493 e. The van der Waals surface area contributed by atoms with E-state index in [2.05, 4.69) is 0 Å². The van der Waals surface area contributed by atoms with Crippen LogP contribution in [0.15, 0.2) is 23.1 Å². The fourth-order valence-electron chi connectivity index (χ4n) is 1.97. The van der Waals surface area contributed by atoms with Crippen molar-refractivity contribution >= 4 is 46.3 Å². The van der Waals surface area contributed by atoms with E-state index in [1.165, 1.54) is 0 Å². The van der Waals surface area contributed by atoms with Gasteiger partial charge in [0, 0.05) is 0 Å². The summed E-state index contributed by atoms with van der Waals surface area (Å²) in [6, 6.07) is 5.28. The van der Waals surface area contributed by atoms with E-state index >= 15 is 0 Å². The van der Waals surface area contributed by atoms with E-state index in [0.29, 0.717) is 23.0 Å². The molecule has 0 aromatic heterocycles. The van der Waals surface area contributed by atoms with Gasteiger partial charge in [-0.3, -0.25) is 14.5 Å². The minimum atomic E-state index is -1.11. The zero-order chi connectivity index (χ0) is 17.0. The average Bonchev–Trinajstić information content (AvgIpc) is 2.75. The van der Waals surface area contributed by atoms with Gasteiger partial charge < -0.3 is 14.6 Å². The summed E-state index contributed by atoms with van der Waals surface area (Å²) >= 11 is 6.14. The Bertz CT molecular complexity index is 686.